The molecule has 0 aliphatic heterocycles. The topological polar surface area (TPSA) is 72.5 Å². The van der Waals surface area contributed by atoms with Crippen LogP contribution in [-0.4, -0.2) is 26.6 Å². The molecule has 0 atom stereocenters. The van der Waals surface area contributed by atoms with Crippen molar-refractivity contribution in [2.45, 2.75) is 24.0 Å². The summed E-state index contributed by atoms with van der Waals surface area (Å²) in [7, 11) is -1.62. The molecule has 88 valence electrons. The highest BCUT2D eigenvalue weighted by atomic mass is 32.2. The number of hydrogen-bond acceptors (Lipinski definition) is 3. The maximum absolute atomic E-state index is 11.8. The lowest BCUT2D eigenvalue weighted by Gasteiger charge is -2.08. The molecule has 0 unspecified atom stereocenters. The summed E-state index contributed by atoms with van der Waals surface area (Å²) in [5.41, 5.74) is 6.34. The molecule has 0 heterocycles. The van der Waals surface area contributed by atoms with Crippen molar-refractivity contribution < 1.29 is 8.42 Å². The van der Waals surface area contributed by atoms with Gasteiger partial charge in [-0.2, -0.15) is 0 Å². The van der Waals surface area contributed by atoms with E-state index in [4.69, 9.17) is 5.73 Å². The van der Waals surface area contributed by atoms with Gasteiger partial charge in [-0.15, -0.1) is 0 Å². The quantitative estimate of drug-likeness (QED) is 0.637. The van der Waals surface area contributed by atoms with E-state index in [2.05, 4.69) is 4.99 Å². The molecule has 1 rings (SSSR count). The molecule has 5 heteroatoms. The van der Waals surface area contributed by atoms with Gasteiger partial charge in [-0.05, 0) is 26.0 Å². The number of sulfone groups is 1. The predicted octanol–water partition coefficient (Wildman–Crippen LogP) is 1.20. The average Bonchev–Trinajstić information content (AvgIpc) is 2.28. The molecule has 0 amide bonds. The molecular weight excluding hydrogens is 224 g/mol. The lowest BCUT2D eigenvalue weighted by molar-refractivity contribution is 0.587. The van der Waals surface area contributed by atoms with Crippen molar-refractivity contribution in [2.75, 3.05) is 7.05 Å². The Hall–Kier alpha value is -1.36. The van der Waals surface area contributed by atoms with Crippen LogP contribution in [0, 0.1) is 0 Å². The average molecular weight is 240 g/mol. The molecule has 2 N–H and O–H groups in total. The number of rotatable bonds is 3. The normalized spacial score (nSPS) is 13.1. The van der Waals surface area contributed by atoms with Gasteiger partial charge in [0.05, 0.1) is 10.1 Å². The largest absolute Gasteiger partial charge is 0.384 e. The minimum Gasteiger partial charge on any atom is -0.384 e. The Morgan fingerprint density at radius 2 is 1.75 bits per heavy atom. The van der Waals surface area contributed by atoms with E-state index in [-0.39, 0.29) is 0 Å². The Kier molecular flexibility index (Phi) is 3.70. The fourth-order valence-electron chi connectivity index (χ4n) is 1.22. The van der Waals surface area contributed by atoms with E-state index in [1.54, 1.807) is 45.2 Å². The van der Waals surface area contributed by atoms with Gasteiger partial charge in [0.15, 0.2) is 9.84 Å². The van der Waals surface area contributed by atoms with E-state index in [0.717, 1.165) is 5.56 Å². The number of benzene rings is 1. The van der Waals surface area contributed by atoms with Gasteiger partial charge in [-0.1, -0.05) is 12.1 Å². The third kappa shape index (κ3) is 2.41. The Labute approximate surface area is 96.1 Å². The van der Waals surface area contributed by atoms with E-state index in [9.17, 15) is 8.42 Å². The van der Waals surface area contributed by atoms with Crippen molar-refractivity contribution in [1.29, 1.82) is 0 Å². The first-order chi connectivity index (χ1) is 7.39. The van der Waals surface area contributed by atoms with Crippen molar-refractivity contribution in [3.05, 3.63) is 29.8 Å². The SMILES string of the molecule is CN=C(N)c1ccc(S(=O)(=O)C(C)C)cc1. The molecule has 0 saturated carbocycles. The van der Waals surface area contributed by atoms with Crippen molar-refractivity contribution >= 4 is 15.7 Å². The molecule has 0 radical (unpaired) electrons. The maximum atomic E-state index is 11.8. The molecule has 0 aliphatic carbocycles. The van der Waals surface area contributed by atoms with Crippen molar-refractivity contribution in [3.8, 4) is 0 Å². The third-order valence-corrected chi connectivity index (χ3v) is 4.51. The maximum Gasteiger partial charge on any atom is 0.180 e. The number of aliphatic imine (C=N–C) groups is 1. The second-order valence-electron chi connectivity index (χ2n) is 3.73. The summed E-state index contributed by atoms with van der Waals surface area (Å²) in [6.07, 6.45) is 0. The molecule has 0 bridgehead atoms. The van der Waals surface area contributed by atoms with Gasteiger partial charge in [-0.25, -0.2) is 8.42 Å². The van der Waals surface area contributed by atoms with Crippen LogP contribution in [0.15, 0.2) is 34.2 Å². The zero-order valence-electron chi connectivity index (χ0n) is 9.64. The van der Waals surface area contributed by atoms with Crippen LogP contribution in [0.5, 0.6) is 0 Å². The van der Waals surface area contributed by atoms with E-state index >= 15 is 0 Å². The van der Waals surface area contributed by atoms with E-state index < -0.39 is 15.1 Å². The van der Waals surface area contributed by atoms with Crippen LogP contribution < -0.4 is 5.73 Å². The second kappa shape index (κ2) is 4.65. The number of hydrogen-bond donors (Lipinski definition) is 1. The lowest BCUT2D eigenvalue weighted by Crippen LogP contribution is -2.15. The van der Waals surface area contributed by atoms with E-state index in [1.807, 2.05) is 0 Å². The Morgan fingerprint density at radius 1 is 1.25 bits per heavy atom. The molecule has 1 aromatic rings. The molecule has 0 aliphatic rings. The van der Waals surface area contributed by atoms with Gasteiger partial charge < -0.3 is 5.73 Å². The van der Waals surface area contributed by atoms with Gasteiger partial charge in [0, 0.05) is 12.6 Å². The lowest BCUT2D eigenvalue weighted by atomic mass is 10.2. The standard InChI is InChI=1S/C11H16N2O2S/c1-8(2)16(14,15)10-6-4-9(5-7-10)11(12)13-3/h4-8H,1-3H3,(H2,12,13). The second-order valence-corrected chi connectivity index (χ2v) is 6.23. The highest BCUT2D eigenvalue weighted by molar-refractivity contribution is 7.92. The highest BCUT2D eigenvalue weighted by Crippen LogP contribution is 2.16. The van der Waals surface area contributed by atoms with Gasteiger partial charge in [0.25, 0.3) is 0 Å². The Morgan fingerprint density at radius 3 is 2.12 bits per heavy atom. The summed E-state index contributed by atoms with van der Waals surface area (Å²) in [6, 6.07) is 6.45. The summed E-state index contributed by atoms with van der Waals surface area (Å²) >= 11 is 0. The van der Waals surface area contributed by atoms with Crippen molar-refractivity contribution in [3.63, 3.8) is 0 Å². The van der Waals surface area contributed by atoms with Crippen molar-refractivity contribution in [1.82, 2.24) is 0 Å². The van der Waals surface area contributed by atoms with Crippen LogP contribution in [0.25, 0.3) is 0 Å². The fourth-order valence-corrected chi connectivity index (χ4v) is 2.28. The summed E-state index contributed by atoms with van der Waals surface area (Å²) in [5, 5.41) is -0.421. The van der Waals surface area contributed by atoms with Crippen molar-refractivity contribution in [2.24, 2.45) is 10.7 Å². The molecule has 0 saturated heterocycles. The first-order valence-corrected chi connectivity index (χ1v) is 6.51. The summed E-state index contributed by atoms with van der Waals surface area (Å²) in [5.74, 6) is 0.397. The summed E-state index contributed by atoms with van der Waals surface area (Å²) < 4.78 is 23.6. The van der Waals surface area contributed by atoms with Crippen LogP contribution in [0.3, 0.4) is 0 Å². The molecule has 1 aromatic carbocycles. The van der Waals surface area contributed by atoms with Crippen LogP contribution >= 0.6 is 0 Å². The zero-order chi connectivity index (χ0) is 12.3. The Balaban J connectivity index is 3.15. The number of nitrogens with zero attached hydrogens (tertiary/aromatic N) is 1. The molecule has 16 heavy (non-hydrogen) atoms. The summed E-state index contributed by atoms with van der Waals surface area (Å²) in [4.78, 5) is 4.15. The fraction of sp³-hybridized carbons (Fsp3) is 0.364. The van der Waals surface area contributed by atoms with Gasteiger partial charge in [-0.3, -0.25) is 4.99 Å². The van der Waals surface area contributed by atoms with Crippen LogP contribution in [0.2, 0.25) is 0 Å². The van der Waals surface area contributed by atoms with Crippen LogP contribution in [-0.2, 0) is 9.84 Å². The minimum absolute atomic E-state index is 0.315. The zero-order valence-corrected chi connectivity index (χ0v) is 10.5. The molecule has 0 fully saturated rings. The van der Waals surface area contributed by atoms with E-state index in [0.29, 0.717) is 10.7 Å². The van der Waals surface area contributed by atoms with Gasteiger partial charge >= 0.3 is 0 Å². The molecule has 0 spiro atoms. The van der Waals surface area contributed by atoms with Gasteiger partial charge in [0.1, 0.15) is 5.84 Å². The molecular formula is C11H16N2O2S. The Bertz CT molecular complexity index is 487. The first kappa shape index (κ1) is 12.7. The summed E-state index contributed by atoms with van der Waals surface area (Å²) in [6.45, 7) is 3.32. The number of nitrogens with two attached hydrogens (primary N) is 1. The molecule has 4 nitrogen and oxygen atoms in total. The smallest absolute Gasteiger partial charge is 0.180 e. The van der Waals surface area contributed by atoms with Gasteiger partial charge in [0.2, 0.25) is 0 Å². The first-order valence-electron chi connectivity index (χ1n) is 4.96. The third-order valence-electron chi connectivity index (χ3n) is 2.34. The highest BCUT2D eigenvalue weighted by Gasteiger charge is 2.18. The minimum atomic E-state index is -3.21. The van der Waals surface area contributed by atoms with Crippen LogP contribution in [0.4, 0.5) is 0 Å². The predicted molar refractivity (Wildman–Crippen MR) is 65.4 cm³/mol. The number of amidine groups is 1. The van der Waals surface area contributed by atoms with Crippen LogP contribution in [0.1, 0.15) is 19.4 Å². The monoisotopic (exact) mass is 240 g/mol. The van der Waals surface area contributed by atoms with E-state index in [1.165, 1.54) is 0 Å². The molecule has 0 aromatic heterocycles.